The lowest BCUT2D eigenvalue weighted by molar-refractivity contribution is 0.355. The van der Waals surface area contributed by atoms with Gasteiger partial charge in [0.05, 0.1) is 25.9 Å². The third-order valence-corrected chi connectivity index (χ3v) is 3.12. The number of ether oxygens (including phenoxy) is 2. The summed E-state index contributed by atoms with van der Waals surface area (Å²) in [6.45, 7) is 0. The summed E-state index contributed by atoms with van der Waals surface area (Å²) in [7, 11) is 3.12. The number of hydrogen-bond acceptors (Lipinski definition) is 4. The third kappa shape index (κ3) is 3.03. The molecule has 0 aliphatic heterocycles. The van der Waals surface area contributed by atoms with Gasteiger partial charge >= 0.3 is 0 Å². The van der Waals surface area contributed by atoms with Crippen LogP contribution < -0.4 is 9.47 Å². The minimum absolute atomic E-state index is 0.479. The van der Waals surface area contributed by atoms with Crippen LogP contribution in [-0.2, 0) is 0 Å². The topological polar surface area (TPSA) is 55.4 Å². The quantitative estimate of drug-likeness (QED) is 0.789. The molecule has 0 bridgehead atoms. The van der Waals surface area contributed by atoms with Gasteiger partial charge in [-0.05, 0) is 57.9 Å². The van der Waals surface area contributed by atoms with E-state index < -0.39 is 0 Å². The molecule has 0 unspecified atom stereocenters. The Labute approximate surface area is 125 Å². The van der Waals surface area contributed by atoms with Crippen molar-refractivity contribution >= 4 is 27.6 Å². The van der Waals surface area contributed by atoms with Gasteiger partial charge in [0.2, 0.25) is 0 Å². The fourth-order valence-electron chi connectivity index (χ4n) is 1.73. The van der Waals surface area contributed by atoms with Crippen LogP contribution in [0.25, 0.3) is 11.6 Å². The Balaban J connectivity index is 2.42. The molecule has 0 amide bonds. The average Bonchev–Trinajstić information content (AvgIpc) is 2.89. The lowest BCUT2D eigenvalue weighted by Crippen LogP contribution is -1.92. The van der Waals surface area contributed by atoms with E-state index in [2.05, 4.69) is 22.0 Å². The van der Waals surface area contributed by atoms with Crippen molar-refractivity contribution in [3.05, 3.63) is 46.3 Å². The van der Waals surface area contributed by atoms with Crippen molar-refractivity contribution in [1.29, 1.82) is 5.26 Å². The largest absolute Gasteiger partial charge is 0.493 e. The number of rotatable bonds is 4. The molecule has 0 saturated heterocycles. The van der Waals surface area contributed by atoms with Gasteiger partial charge in [-0.2, -0.15) is 5.26 Å². The van der Waals surface area contributed by atoms with Crippen molar-refractivity contribution < 1.29 is 13.9 Å². The van der Waals surface area contributed by atoms with E-state index in [1.165, 1.54) is 0 Å². The summed E-state index contributed by atoms with van der Waals surface area (Å²) in [5, 5.41) is 9.29. The molecule has 102 valence electrons. The summed E-state index contributed by atoms with van der Waals surface area (Å²) in [4.78, 5) is 0. The highest BCUT2D eigenvalue weighted by atomic mass is 79.9. The van der Waals surface area contributed by atoms with E-state index in [9.17, 15) is 5.26 Å². The van der Waals surface area contributed by atoms with Crippen LogP contribution in [0.4, 0.5) is 0 Å². The maximum atomic E-state index is 9.29. The molecular weight excluding hydrogens is 322 g/mol. The third-order valence-electron chi connectivity index (χ3n) is 2.70. The number of nitrogens with zero attached hydrogens (tertiary/aromatic N) is 1. The first-order chi connectivity index (χ1) is 9.67. The second-order valence-corrected chi connectivity index (χ2v) is 4.66. The first kappa shape index (κ1) is 14.2. The highest BCUT2D eigenvalue weighted by Gasteiger charge is 2.09. The van der Waals surface area contributed by atoms with Crippen LogP contribution in [0.3, 0.4) is 0 Å². The molecule has 5 heteroatoms. The zero-order valence-electron chi connectivity index (χ0n) is 11.0. The van der Waals surface area contributed by atoms with Crippen LogP contribution in [0.5, 0.6) is 11.5 Å². The van der Waals surface area contributed by atoms with Crippen LogP contribution in [-0.4, -0.2) is 14.2 Å². The van der Waals surface area contributed by atoms with Crippen LogP contribution >= 0.6 is 15.9 Å². The van der Waals surface area contributed by atoms with E-state index in [0.717, 1.165) is 5.56 Å². The number of halogens is 1. The maximum Gasteiger partial charge on any atom is 0.169 e. The van der Waals surface area contributed by atoms with Gasteiger partial charge in [0.1, 0.15) is 5.76 Å². The van der Waals surface area contributed by atoms with Crippen molar-refractivity contribution in [2.24, 2.45) is 0 Å². The van der Waals surface area contributed by atoms with E-state index >= 15 is 0 Å². The number of furan rings is 1. The van der Waals surface area contributed by atoms with E-state index in [4.69, 9.17) is 13.9 Å². The highest BCUT2D eigenvalue weighted by molar-refractivity contribution is 9.10. The van der Waals surface area contributed by atoms with Crippen LogP contribution in [0.1, 0.15) is 11.3 Å². The zero-order chi connectivity index (χ0) is 14.5. The Morgan fingerprint density at radius 1 is 1.20 bits per heavy atom. The second-order valence-electron chi connectivity index (χ2n) is 3.88. The summed E-state index contributed by atoms with van der Waals surface area (Å²) in [5.41, 5.74) is 1.21. The Hall–Kier alpha value is -2.19. The Morgan fingerprint density at radius 2 is 1.95 bits per heavy atom. The molecule has 4 nitrogen and oxygen atoms in total. The minimum Gasteiger partial charge on any atom is -0.493 e. The number of allylic oxidation sites excluding steroid dienone is 1. The molecule has 20 heavy (non-hydrogen) atoms. The maximum absolute atomic E-state index is 9.29. The smallest absolute Gasteiger partial charge is 0.169 e. The average molecular weight is 334 g/mol. The van der Waals surface area contributed by atoms with Gasteiger partial charge in [-0.15, -0.1) is 0 Å². The molecule has 2 aromatic rings. The summed E-state index contributed by atoms with van der Waals surface area (Å²) >= 11 is 3.23. The molecule has 0 aliphatic rings. The van der Waals surface area contributed by atoms with Crippen molar-refractivity contribution in [1.82, 2.24) is 0 Å². The molecule has 1 heterocycles. The lowest BCUT2D eigenvalue weighted by Gasteiger charge is -2.08. The van der Waals surface area contributed by atoms with Crippen molar-refractivity contribution in [3.8, 4) is 17.6 Å². The molecule has 1 aromatic heterocycles. The van der Waals surface area contributed by atoms with Crippen molar-refractivity contribution in [2.75, 3.05) is 14.2 Å². The van der Waals surface area contributed by atoms with Gasteiger partial charge < -0.3 is 13.9 Å². The predicted octanol–water partition coefficient (Wildman–Crippen LogP) is 4.12. The minimum atomic E-state index is 0.479. The highest BCUT2D eigenvalue weighted by Crippen LogP contribution is 2.31. The number of benzene rings is 1. The predicted molar refractivity (Wildman–Crippen MR) is 79.4 cm³/mol. The van der Waals surface area contributed by atoms with E-state index in [1.54, 1.807) is 50.6 Å². The fourth-order valence-corrected chi connectivity index (χ4v) is 2.05. The molecular formula is C15H12BrNO3. The molecule has 0 atom stereocenters. The standard InChI is InChI=1S/C15H12BrNO3/c1-18-13-5-3-10(8-14(13)19-2)11(9-17)7-12-4-6-15(16)20-12/h3-8H,1-2H3. The van der Waals surface area contributed by atoms with Crippen LogP contribution in [0.2, 0.25) is 0 Å². The number of methoxy groups -OCH3 is 2. The van der Waals surface area contributed by atoms with E-state index in [0.29, 0.717) is 27.5 Å². The van der Waals surface area contributed by atoms with Gasteiger partial charge in [0.25, 0.3) is 0 Å². The molecule has 0 saturated carbocycles. The van der Waals surface area contributed by atoms with Crippen LogP contribution in [0, 0.1) is 11.3 Å². The number of hydrogen-bond donors (Lipinski definition) is 0. The van der Waals surface area contributed by atoms with Crippen molar-refractivity contribution in [2.45, 2.75) is 0 Å². The summed E-state index contributed by atoms with van der Waals surface area (Å²) < 4.78 is 16.4. The van der Waals surface area contributed by atoms with Gasteiger partial charge in [-0.3, -0.25) is 0 Å². The molecule has 1 aromatic carbocycles. The summed E-state index contributed by atoms with van der Waals surface area (Å²) in [6.07, 6.45) is 1.67. The first-order valence-corrected chi connectivity index (χ1v) is 6.56. The molecule has 2 rings (SSSR count). The van der Waals surface area contributed by atoms with E-state index in [-0.39, 0.29) is 0 Å². The zero-order valence-corrected chi connectivity index (χ0v) is 12.6. The molecule has 0 radical (unpaired) electrons. The lowest BCUT2D eigenvalue weighted by atomic mass is 10.1. The fraction of sp³-hybridized carbons (Fsp3) is 0.133. The van der Waals surface area contributed by atoms with E-state index in [1.807, 2.05) is 0 Å². The summed E-state index contributed by atoms with van der Waals surface area (Å²) in [5.74, 6) is 1.80. The number of nitriles is 1. The van der Waals surface area contributed by atoms with Gasteiger partial charge in [-0.25, -0.2) is 0 Å². The van der Waals surface area contributed by atoms with Gasteiger partial charge in [0, 0.05) is 0 Å². The Morgan fingerprint density at radius 3 is 2.50 bits per heavy atom. The SMILES string of the molecule is COc1ccc(C(C#N)=Cc2ccc(Br)o2)cc1OC. The van der Waals surface area contributed by atoms with Crippen molar-refractivity contribution in [3.63, 3.8) is 0 Å². The van der Waals surface area contributed by atoms with Gasteiger partial charge in [-0.1, -0.05) is 0 Å². The normalized spacial score (nSPS) is 11.0. The summed E-state index contributed by atoms with van der Waals surface area (Å²) in [6, 6.07) is 11.0. The Bertz CT molecular complexity index is 683. The Kier molecular flexibility index (Phi) is 4.49. The first-order valence-electron chi connectivity index (χ1n) is 5.77. The molecule has 0 fully saturated rings. The molecule has 0 N–H and O–H groups in total. The van der Waals surface area contributed by atoms with Crippen LogP contribution in [0.15, 0.2) is 39.4 Å². The van der Waals surface area contributed by atoms with Gasteiger partial charge in [0.15, 0.2) is 16.2 Å². The second kappa shape index (κ2) is 6.31. The molecule has 0 aliphatic carbocycles. The monoisotopic (exact) mass is 333 g/mol. The molecule has 0 spiro atoms.